The number of rotatable bonds is 3. The molecule has 0 aliphatic carbocycles. The number of hydrogen-bond acceptors (Lipinski definition) is 1. The summed E-state index contributed by atoms with van der Waals surface area (Å²) in [6.07, 6.45) is 3.56. The van der Waals surface area contributed by atoms with E-state index < -0.39 is 0 Å². The summed E-state index contributed by atoms with van der Waals surface area (Å²) in [5.41, 5.74) is 1.80. The van der Waals surface area contributed by atoms with E-state index in [2.05, 4.69) is 21.0 Å². The van der Waals surface area contributed by atoms with Gasteiger partial charge >= 0.3 is 0 Å². The van der Waals surface area contributed by atoms with Gasteiger partial charge in [0.05, 0.1) is 18.6 Å². The van der Waals surface area contributed by atoms with Crippen molar-refractivity contribution in [2.45, 2.75) is 12.4 Å². The zero-order valence-corrected chi connectivity index (χ0v) is 10.7. The molecule has 0 aliphatic heterocycles. The van der Waals surface area contributed by atoms with E-state index in [4.69, 9.17) is 11.6 Å². The van der Waals surface area contributed by atoms with E-state index in [-0.39, 0.29) is 5.82 Å². The van der Waals surface area contributed by atoms with Crippen LogP contribution >= 0.6 is 27.5 Å². The van der Waals surface area contributed by atoms with Crippen molar-refractivity contribution in [3.63, 3.8) is 0 Å². The van der Waals surface area contributed by atoms with Crippen molar-refractivity contribution in [3.8, 4) is 0 Å². The fourth-order valence-corrected chi connectivity index (χ4v) is 1.91. The quantitative estimate of drug-likeness (QED) is 0.793. The van der Waals surface area contributed by atoms with Gasteiger partial charge in [0.2, 0.25) is 0 Å². The highest BCUT2D eigenvalue weighted by Gasteiger charge is 2.04. The smallest absolute Gasteiger partial charge is 0.123 e. The molecule has 84 valence electrons. The topological polar surface area (TPSA) is 17.8 Å². The molecule has 0 bridgehead atoms. The second-order valence-corrected chi connectivity index (χ2v) is 4.54. The standard InChI is InChI=1S/C11H9BrClFN2/c12-11-2-1-10(14)3-9(11)7-16-6-8(4-13)5-15-16/h1-3,5-6H,4,7H2. The SMILES string of the molecule is Fc1ccc(Br)c(Cn2cc(CCl)cn2)c1. The maximum absolute atomic E-state index is 13.0. The van der Waals surface area contributed by atoms with Gasteiger partial charge in [0.1, 0.15) is 5.82 Å². The van der Waals surface area contributed by atoms with Gasteiger partial charge in [0.25, 0.3) is 0 Å². The van der Waals surface area contributed by atoms with Crippen LogP contribution in [0.5, 0.6) is 0 Å². The van der Waals surface area contributed by atoms with E-state index in [1.807, 2.05) is 6.20 Å². The van der Waals surface area contributed by atoms with Crippen LogP contribution in [0.1, 0.15) is 11.1 Å². The highest BCUT2D eigenvalue weighted by atomic mass is 79.9. The van der Waals surface area contributed by atoms with Gasteiger partial charge in [0, 0.05) is 16.2 Å². The van der Waals surface area contributed by atoms with E-state index in [0.717, 1.165) is 15.6 Å². The third-order valence-electron chi connectivity index (χ3n) is 2.18. The lowest BCUT2D eigenvalue weighted by Gasteiger charge is -2.04. The van der Waals surface area contributed by atoms with Gasteiger partial charge in [0.15, 0.2) is 0 Å². The summed E-state index contributed by atoms with van der Waals surface area (Å²) in [6.45, 7) is 0.523. The summed E-state index contributed by atoms with van der Waals surface area (Å²) < 4.78 is 15.7. The molecule has 1 heterocycles. The molecule has 0 amide bonds. The van der Waals surface area contributed by atoms with Crippen LogP contribution in [0.2, 0.25) is 0 Å². The Morgan fingerprint density at radius 1 is 1.44 bits per heavy atom. The van der Waals surface area contributed by atoms with Crippen LogP contribution in [0.4, 0.5) is 4.39 Å². The second kappa shape index (κ2) is 4.97. The molecule has 0 N–H and O–H groups in total. The molecule has 2 aromatic rings. The van der Waals surface area contributed by atoms with Gasteiger partial charge in [-0.1, -0.05) is 15.9 Å². The lowest BCUT2D eigenvalue weighted by atomic mass is 10.2. The summed E-state index contributed by atoms with van der Waals surface area (Å²) in [7, 11) is 0. The predicted octanol–water partition coefficient (Wildman–Crippen LogP) is 3.57. The number of nitrogens with zero attached hydrogens (tertiary/aromatic N) is 2. The van der Waals surface area contributed by atoms with Crippen LogP contribution in [-0.4, -0.2) is 9.78 Å². The Balaban J connectivity index is 2.22. The van der Waals surface area contributed by atoms with E-state index in [9.17, 15) is 4.39 Å². The van der Waals surface area contributed by atoms with Crippen molar-refractivity contribution < 1.29 is 4.39 Å². The summed E-state index contributed by atoms with van der Waals surface area (Å²) in [6, 6.07) is 4.60. The van der Waals surface area contributed by atoms with Crippen LogP contribution in [-0.2, 0) is 12.4 Å². The zero-order valence-electron chi connectivity index (χ0n) is 8.33. The van der Waals surface area contributed by atoms with E-state index in [1.165, 1.54) is 12.1 Å². The van der Waals surface area contributed by atoms with Crippen LogP contribution in [0, 0.1) is 5.82 Å². The first-order chi connectivity index (χ1) is 7.69. The fraction of sp³-hybridized carbons (Fsp3) is 0.182. The minimum Gasteiger partial charge on any atom is -0.268 e. The maximum atomic E-state index is 13.0. The predicted molar refractivity (Wildman–Crippen MR) is 65.0 cm³/mol. The summed E-state index contributed by atoms with van der Waals surface area (Å²) in [5.74, 6) is 0.188. The summed E-state index contributed by atoms with van der Waals surface area (Å²) >= 11 is 9.06. The minimum absolute atomic E-state index is 0.247. The third-order valence-corrected chi connectivity index (χ3v) is 3.26. The Bertz CT molecular complexity index is 498. The van der Waals surface area contributed by atoms with Gasteiger partial charge in [-0.05, 0) is 23.8 Å². The molecule has 1 aromatic heterocycles. The molecular formula is C11H9BrClFN2. The molecule has 16 heavy (non-hydrogen) atoms. The average Bonchev–Trinajstić information content (AvgIpc) is 2.71. The van der Waals surface area contributed by atoms with Gasteiger partial charge in [-0.25, -0.2) is 4.39 Å². The highest BCUT2D eigenvalue weighted by molar-refractivity contribution is 9.10. The first kappa shape index (κ1) is 11.6. The third kappa shape index (κ3) is 2.62. The average molecular weight is 304 g/mol. The molecule has 5 heteroatoms. The van der Waals surface area contributed by atoms with E-state index in [0.29, 0.717) is 12.4 Å². The monoisotopic (exact) mass is 302 g/mol. The van der Waals surface area contributed by atoms with Crippen molar-refractivity contribution in [2.75, 3.05) is 0 Å². The first-order valence-electron chi connectivity index (χ1n) is 4.70. The molecule has 0 atom stereocenters. The number of aromatic nitrogens is 2. The molecule has 0 aliphatic rings. The maximum Gasteiger partial charge on any atom is 0.123 e. The van der Waals surface area contributed by atoms with Crippen molar-refractivity contribution >= 4 is 27.5 Å². The molecule has 2 nitrogen and oxygen atoms in total. The molecule has 0 spiro atoms. The van der Waals surface area contributed by atoms with Gasteiger partial charge < -0.3 is 0 Å². The number of hydrogen-bond donors (Lipinski definition) is 0. The van der Waals surface area contributed by atoms with Crippen LogP contribution < -0.4 is 0 Å². The molecule has 0 unspecified atom stereocenters. The van der Waals surface area contributed by atoms with Gasteiger partial charge in [-0.15, -0.1) is 11.6 Å². The summed E-state index contributed by atoms with van der Waals surface area (Å²) in [5, 5.41) is 4.14. The lowest BCUT2D eigenvalue weighted by molar-refractivity contribution is 0.618. The fourth-order valence-electron chi connectivity index (χ4n) is 1.40. The Labute approximate surface area is 106 Å². The largest absolute Gasteiger partial charge is 0.268 e. The Morgan fingerprint density at radius 2 is 2.25 bits per heavy atom. The zero-order chi connectivity index (χ0) is 11.5. The number of halogens is 3. The molecule has 0 saturated heterocycles. The molecule has 0 radical (unpaired) electrons. The summed E-state index contributed by atoms with van der Waals surface area (Å²) in [4.78, 5) is 0. The van der Waals surface area contributed by atoms with Crippen molar-refractivity contribution in [1.29, 1.82) is 0 Å². The van der Waals surface area contributed by atoms with Crippen LogP contribution in [0.15, 0.2) is 35.1 Å². The highest BCUT2D eigenvalue weighted by Crippen LogP contribution is 2.19. The van der Waals surface area contributed by atoms with E-state index in [1.54, 1.807) is 16.9 Å². The van der Waals surface area contributed by atoms with Crippen molar-refractivity contribution in [3.05, 3.63) is 52.0 Å². The van der Waals surface area contributed by atoms with Crippen molar-refractivity contribution in [2.24, 2.45) is 0 Å². The first-order valence-corrected chi connectivity index (χ1v) is 6.03. The normalized spacial score (nSPS) is 10.7. The molecule has 1 aromatic carbocycles. The van der Waals surface area contributed by atoms with Crippen LogP contribution in [0.3, 0.4) is 0 Å². The molecular weight excluding hydrogens is 294 g/mol. The molecule has 0 fully saturated rings. The molecule has 0 saturated carbocycles. The number of benzene rings is 1. The number of alkyl halides is 1. The second-order valence-electron chi connectivity index (χ2n) is 3.42. The molecule has 2 rings (SSSR count). The lowest BCUT2D eigenvalue weighted by Crippen LogP contribution is -2.01. The Kier molecular flexibility index (Phi) is 3.61. The van der Waals surface area contributed by atoms with Gasteiger partial charge in [-0.3, -0.25) is 4.68 Å². The Hall–Kier alpha value is -0.870. The Morgan fingerprint density at radius 3 is 2.94 bits per heavy atom. The van der Waals surface area contributed by atoms with Gasteiger partial charge in [-0.2, -0.15) is 5.10 Å². The van der Waals surface area contributed by atoms with E-state index >= 15 is 0 Å². The minimum atomic E-state index is -0.247. The van der Waals surface area contributed by atoms with Crippen LogP contribution in [0.25, 0.3) is 0 Å². The van der Waals surface area contributed by atoms with Crippen molar-refractivity contribution in [1.82, 2.24) is 9.78 Å².